The number of rotatable bonds is 8. The summed E-state index contributed by atoms with van der Waals surface area (Å²) in [7, 11) is 1.73. The number of hydrogen-bond acceptors (Lipinski definition) is 6. The van der Waals surface area contributed by atoms with Gasteiger partial charge < -0.3 is 19.9 Å². The predicted molar refractivity (Wildman–Crippen MR) is 107 cm³/mol. The smallest absolute Gasteiger partial charge is 0.163 e. The number of anilines is 2. The summed E-state index contributed by atoms with van der Waals surface area (Å²) < 4.78 is 5.13. The fourth-order valence-corrected chi connectivity index (χ4v) is 3.13. The van der Waals surface area contributed by atoms with Crippen molar-refractivity contribution in [2.24, 2.45) is 0 Å². The van der Waals surface area contributed by atoms with Crippen LogP contribution in [0.15, 0.2) is 36.4 Å². The summed E-state index contributed by atoms with van der Waals surface area (Å²) in [6.07, 6.45) is 0.950. The Labute approximate surface area is 156 Å². The lowest BCUT2D eigenvalue weighted by Crippen LogP contribution is -2.46. The van der Waals surface area contributed by atoms with Gasteiger partial charge in [-0.1, -0.05) is 37.3 Å². The fraction of sp³-hybridized carbons (Fsp3) is 0.500. The number of methoxy groups -OCH3 is 1. The molecular weight excluding hydrogens is 326 g/mol. The summed E-state index contributed by atoms with van der Waals surface area (Å²) in [5.41, 5.74) is 1.04. The zero-order valence-corrected chi connectivity index (χ0v) is 15.8. The summed E-state index contributed by atoms with van der Waals surface area (Å²) in [6, 6.07) is 12.3. The molecule has 26 heavy (non-hydrogen) atoms. The van der Waals surface area contributed by atoms with E-state index >= 15 is 0 Å². The number of nitrogens with zero attached hydrogens (tertiary/aromatic N) is 4. The van der Waals surface area contributed by atoms with Crippen molar-refractivity contribution in [3.05, 3.63) is 36.4 Å². The molecule has 3 rings (SSSR count). The highest BCUT2D eigenvalue weighted by molar-refractivity contribution is 5.61. The van der Waals surface area contributed by atoms with Gasteiger partial charge in [0.15, 0.2) is 5.82 Å². The molecule has 0 saturated carbocycles. The Kier molecular flexibility index (Phi) is 6.80. The van der Waals surface area contributed by atoms with Crippen LogP contribution >= 0.6 is 0 Å². The first-order valence-corrected chi connectivity index (χ1v) is 9.44. The topological polar surface area (TPSA) is 53.5 Å². The van der Waals surface area contributed by atoms with Crippen LogP contribution in [0.3, 0.4) is 0 Å². The number of nitrogens with one attached hydrogen (secondary N) is 1. The Morgan fingerprint density at radius 1 is 1.08 bits per heavy atom. The molecule has 1 aromatic heterocycles. The van der Waals surface area contributed by atoms with Crippen molar-refractivity contribution in [2.75, 3.05) is 63.2 Å². The van der Waals surface area contributed by atoms with Gasteiger partial charge in [0.1, 0.15) is 11.6 Å². The molecule has 1 aromatic carbocycles. The van der Waals surface area contributed by atoms with Gasteiger partial charge >= 0.3 is 0 Å². The number of hydrogen-bond donors (Lipinski definition) is 1. The summed E-state index contributed by atoms with van der Waals surface area (Å²) in [5.74, 6) is 2.65. The molecule has 1 N–H and O–H groups in total. The van der Waals surface area contributed by atoms with Gasteiger partial charge in [0.05, 0.1) is 0 Å². The molecule has 0 unspecified atom stereocenters. The van der Waals surface area contributed by atoms with Gasteiger partial charge in [-0.05, 0) is 13.0 Å². The molecule has 6 heteroatoms. The Hall–Kier alpha value is -2.18. The lowest BCUT2D eigenvalue weighted by molar-refractivity contribution is 0.198. The van der Waals surface area contributed by atoms with Crippen LogP contribution in [0.25, 0.3) is 11.4 Å². The minimum absolute atomic E-state index is 0.745. The van der Waals surface area contributed by atoms with Gasteiger partial charge in [0.2, 0.25) is 0 Å². The van der Waals surface area contributed by atoms with Crippen molar-refractivity contribution in [3.8, 4) is 11.4 Å². The monoisotopic (exact) mass is 355 g/mol. The molecule has 0 amide bonds. The Balaban J connectivity index is 1.80. The number of benzene rings is 1. The maximum atomic E-state index is 5.13. The van der Waals surface area contributed by atoms with E-state index in [1.54, 1.807) is 7.11 Å². The molecule has 0 spiro atoms. The Morgan fingerprint density at radius 2 is 1.85 bits per heavy atom. The van der Waals surface area contributed by atoms with Gasteiger partial charge in [-0.25, -0.2) is 9.97 Å². The molecule has 1 aliphatic rings. The second kappa shape index (κ2) is 9.50. The summed E-state index contributed by atoms with van der Waals surface area (Å²) in [5, 5.41) is 3.42. The van der Waals surface area contributed by atoms with Crippen molar-refractivity contribution >= 4 is 11.6 Å². The normalized spacial score (nSPS) is 15.2. The largest absolute Gasteiger partial charge is 0.385 e. The van der Waals surface area contributed by atoms with Gasteiger partial charge in [0, 0.05) is 58.1 Å². The van der Waals surface area contributed by atoms with E-state index in [-0.39, 0.29) is 0 Å². The van der Waals surface area contributed by atoms with Crippen LogP contribution in [0, 0.1) is 0 Å². The highest BCUT2D eigenvalue weighted by Crippen LogP contribution is 2.23. The lowest BCUT2D eigenvalue weighted by Gasteiger charge is -2.35. The molecule has 2 heterocycles. The third-order valence-corrected chi connectivity index (χ3v) is 4.72. The minimum Gasteiger partial charge on any atom is -0.385 e. The molecular formula is C20H29N5O. The van der Waals surface area contributed by atoms with E-state index in [1.807, 2.05) is 18.2 Å². The molecule has 1 aliphatic heterocycles. The van der Waals surface area contributed by atoms with Gasteiger partial charge in [-0.15, -0.1) is 0 Å². The molecule has 0 aliphatic carbocycles. The molecule has 2 aromatic rings. The molecule has 1 fully saturated rings. The number of piperazine rings is 1. The van der Waals surface area contributed by atoms with E-state index in [1.165, 1.54) is 0 Å². The fourth-order valence-electron chi connectivity index (χ4n) is 3.13. The maximum Gasteiger partial charge on any atom is 0.163 e. The van der Waals surface area contributed by atoms with E-state index in [4.69, 9.17) is 14.7 Å². The van der Waals surface area contributed by atoms with Crippen molar-refractivity contribution in [3.63, 3.8) is 0 Å². The highest BCUT2D eigenvalue weighted by atomic mass is 16.5. The zero-order chi connectivity index (χ0) is 18.2. The van der Waals surface area contributed by atoms with E-state index in [0.29, 0.717) is 0 Å². The quantitative estimate of drug-likeness (QED) is 0.735. The van der Waals surface area contributed by atoms with Crippen LogP contribution in [0.1, 0.15) is 13.3 Å². The third-order valence-electron chi connectivity index (χ3n) is 4.72. The second-order valence-corrected chi connectivity index (χ2v) is 6.50. The van der Waals surface area contributed by atoms with Crippen LogP contribution in [0.5, 0.6) is 0 Å². The molecule has 0 bridgehead atoms. The number of likely N-dealkylation sites (N-methyl/N-ethyl adjacent to an activating group) is 1. The van der Waals surface area contributed by atoms with Crippen LogP contribution < -0.4 is 10.2 Å². The minimum atomic E-state index is 0.745. The van der Waals surface area contributed by atoms with E-state index in [2.05, 4.69) is 40.2 Å². The van der Waals surface area contributed by atoms with Crippen LogP contribution in [-0.2, 0) is 4.74 Å². The highest BCUT2D eigenvalue weighted by Gasteiger charge is 2.18. The lowest BCUT2D eigenvalue weighted by atomic mass is 10.2. The average molecular weight is 355 g/mol. The molecule has 0 radical (unpaired) electrons. The summed E-state index contributed by atoms with van der Waals surface area (Å²) in [4.78, 5) is 14.4. The first-order valence-electron chi connectivity index (χ1n) is 9.44. The first-order chi connectivity index (χ1) is 12.8. The Bertz CT molecular complexity index is 671. The molecule has 1 saturated heterocycles. The van der Waals surface area contributed by atoms with Crippen LogP contribution in [-0.4, -0.2) is 67.9 Å². The van der Waals surface area contributed by atoms with Crippen molar-refractivity contribution in [2.45, 2.75) is 13.3 Å². The Morgan fingerprint density at radius 3 is 2.54 bits per heavy atom. The zero-order valence-electron chi connectivity index (χ0n) is 15.8. The van der Waals surface area contributed by atoms with Crippen LogP contribution in [0.2, 0.25) is 0 Å². The second-order valence-electron chi connectivity index (χ2n) is 6.50. The molecule has 0 atom stereocenters. The van der Waals surface area contributed by atoms with Crippen molar-refractivity contribution in [1.29, 1.82) is 0 Å². The van der Waals surface area contributed by atoms with E-state index in [0.717, 1.165) is 75.3 Å². The summed E-state index contributed by atoms with van der Waals surface area (Å²) in [6.45, 7) is 9.08. The van der Waals surface area contributed by atoms with Gasteiger partial charge in [-0.3, -0.25) is 0 Å². The maximum absolute atomic E-state index is 5.13. The third kappa shape index (κ3) is 4.93. The van der Waals surface area contributed by atoms with Crippen molar-refractivity contribution in [1.82, 2.24) is 14.9 Å². The predicted octanol–water partition coefficient (Wildman–Crippen LogP) is 2.73. The number of ether oxygens (including phenoxy) is 1. The van der Waals surface area contributed by atoms with Gasteiger partial charge in [0.25, 0.3) is 0 Å². The van der Waals surface area contributed by atoms with Gasteiger partial charge in [-0.2, -0.15) is 0 Å². The first kappa shape index (κ1) is 18.6. The van der Waals surface area contributed by atoms with Crippen molar-refractivity contribution < 1.29 is 4.74 Å². The number of aromatic nitrogens is 2. The average Bonchev–Trinajstić information content (AvgIpc) is 2.72. The van der Waals surface area contributed by atoms with Crippen LogP contribution in [0.4, 0.5) is 11.6 Å². The molecule has 140 valence electrons. The SMILES string of the molecule is CCN1CCN(c2cc(NCCCOC)nc(-c3ccccc3)n2)CC1. The standard InChI is InChI=1S/C20H29N5O/c1-3-24-11-13-25(14-12-24)19-16-18(21-10-7-15-26-2)22-20(23-19)17-8-5-4-6-9-17/h4-6,8-9,16H,3,7,10-15H2,1-2H3,(H,21,22,23). The molecule has 6 nitrogen and oxygen atoms in total. The van der Waals surface area contributed by atoms with E-state index in [9.17, 15) is 0 Å². The summed E-state index contributed by atoms with van der Waals surface area (Å²) >= 11 is 0. The van der Waals surface area contributed by atoms with E-state index < -0.39 is 0 Å².